The van der Waals surface area contributed by atoms with Gasteiger partial charge in [-0.25, -0.2) is 0 Å². The van der Waals surface area contributed by atoms with Crippen LogP contribution in [-0.4, -0.2) is 11.9 Å². The lowest BCUT2D eigenvalue weighted by Gasteiger charge is -2.08. The van der Waals surface area contributed by atoms with Crippen molar-refractivity contribution in [1.29, 1.82) is 0 Å². The van der Waals surface area contributed by atoms with E-state index in [1.165, 1.54) is 6.07 Å². The Morgan fingerprint density at radius 2 is 1.94 bits per heavy atom. The van der Waals surface area contributed by atoms with Crippen LogP contribution < -0.4 is 10.4 Å². The third kappa shape index (κ3) is 2.52. The lowest BCUT2D eigenvalue weighted by Crippen LogP contribution is -2.23. The molecule has 4 nitrogen and oxygen atoms in total. The third-order valence-corrected chi connectivity index (χ3v) is 3.44. The van der Waals surface area contributed by atoms with Crippen molar-refractivity contribution in [1.82, 2.24) is 0 Å². The molecule has 0 unspecified atom stereocenters. The van der Waals surface area contributed by atoms with Crippen LogP contribution in [0.4, 0.5) is 5.69 Å². The summed E-state index contributed by atoms with van der Waals surface area (Å²) < 4.78 is 0. The van der Waals surface area contributed by atoms with E-state index < -0.39 is 11.9 Å². The number of thiophene rings is 1. The zero-order chi connectivity index (χ0) is 13.1. The Kier molecular flexibility index (Phi) is 3.64. The van der Waals surface area contributed by atoms with Gasteiger partial charge in [-0.2, -0.15) is 0 Å². The monoisotopic (exact) mass is 280 g/mol. The lowest BCUT2D eigenvalue weighted by molar-refractivity contribution is -0.254. The minimum Gasteiger partial charge on any atom is -0.544 e. The van der Waals surface area contributed by atoms with E-state index in [1.54, 1.807) is 29.6 Å². The maximum absolute atomic E-state index is 11.9. The average molecular weight is 281 g/mol. The van der Waals surface area contributed by atoms with Crippen molar-refractivity contribution < 1.29 is 14.7 Å². The summed E-state index contributed by atoms with van der Waals surface area (Å²) in [6.07, 6.45) is 0. The average Bonchev–Trinajstić information content (AvgIpc) is 2.77. The number of halogens is 1. The van der Waals surface area contributed by atoms with Gasteiger partial charge < -0.3 is 15.2 Å². The fraction of sp³-hybridized carbons (Fsp3) is 0. The maximum atomic E-state index is 11.9. The van der Waals surface area contributed by atoms with E-state index in [1.807, 2.05) is 0 Å². The standard InChI is InChI=1S/C12H8ClNO3S/c13-8-4-2-1-3-7(8)11(15)14-9-5-6-18-10(9)12(16)17/h1-6H,(H,14,15)(H,16,17)/p-1. The van der Waals surface area contributed by atoms with Crippen LogP contribution in [0.5, 0.6) is 0 Å². The molecule has 0 aliphatic rings. The number of anilines is 1. The molecule has 18 heavy (non-hydrogen) atoms. The zero-order valence-electron chi connectivity index (χ0n) is 8.98. The molecule has 0 spiro atoms. The van der Waals surface area contributed by atoms with Crippen LogP contribution in [0.1, 0.15) is 20.0 Å². The molecule has 0 bridgehead atoms. The molecule has 1 amide bonds. The summed E-state index contributed by atoms with van der Waals surface area (Å²) in [7, 11) is 0. The van der Waals surface area contributed by atoms with Crippen LogP contribution in [-0.2, 0) is 0 Å². The summed E-state index contributed by atoms with van der Waals surface area (Å²) in [6.45, 7) is 0. The number of carboxylic acids is 1. The Morgan fingerprint density at radius 1 is 1.22 bits per heavy atom. The number of carbonyl (C=O) groups is 2. The molecular formula is C12H7ClNO3S-. The van der Waals surface area contributed by atoms with Crippen molar-refractivity contribution in [2.45, 2.75) is 0 Å². The van der Waals surface area contributed by atoms with E-state index >= 15 is 0 Å². The first-order valence-corrected chi connectivity index (χ1v) is 6.20. The predicted molar refractivity (Wildman–Crippen MR) is 68.1 cm³/mol. The predicted octanol–water partition coefficient (Wildman–Crippen LogP) is 2.02. The van der Waals surface area contributed by atoms with Gasteiger partial charge in [-0.05, 0) is 23.6 Å². The first kappa shape index (κ1) is 12.6. The number of carbonyl (C=O) groups excluding carboxylic acids is 2. The van der Waals surface area contributed by atoms with Gasteiger partial charge in [-0.1, -0.05) is 23.7 Å². The molecule has 0 radical (unpaired) electrons. The second-order valence-electron chi connectivity index (χ2n) is 3.38. The minimum absolute atomic E-state index is 0.0181. The molecule has 0 atom stereocenters. The van der Waals surface area contributed by atoms with E-state index in [2.05, 4.69) is 5.32 Å². The molecule has 1 N–H and O–H groups in total. The molecular weight excluding hydrogens is 274 g/mol. The smallest absolute Gasteiger partial charge is 0.257 e. The minimum atomic E-state index is -1.32. The van der Waals surface area contributed by atoms with E-state index in [4.69, 9.17) is 11.6 Å². The zero-order valence-corrected chi connectivity index (χ0v) is 10.5. The number of nitrogens with one attached hydrogen (secondary N) is 1. The van der Waals surface area contributed by atoms with E-state index in [-0.39, 0.29) is 16.1 Å². The Balaban J connectivity index is 2.25. The van der Waals surface area contributed by atoms with Gasteiger partial charge in [-0.3, -0.25) is 4.79 Å². The summed E-state index contributed by atoms with van der Waals surface area (Å²) >= 11 is 6.86. The molecule has 0 saturated carbocycles. The Hall–Kier alpha value is -1.85. The van der Waals surface area contributed by atoms with Crippen molar-refractivity contribution in [3.8, 4) is 0 Å². The number of hydrogen-bond donors (Lipinski definition) is 1. The quantitative estimate of drug-likeness (QED) is 0.935. The molecule has 0 fully saturated rings. The number of rotatable bonds is 3. The van der Waals surface area contributed by atoms with Crippen LogP contribution in [0, 0.1) is 0 Å². The van der Waals surface area contributed by atoms with Crippen LogP contribution in [0.25, 0.3) is 0 Å². The normalized spacial score (nSPS) is 10.1. The summed E-state index contributed by atoms with van der Waals surface area (Å²) in [4.78, 5) is 22.7. The molecule has 1 aromatic carbocycles. The highest BCUT2D eigenvalue weighted by Gasteiger charge is 2.13. The molecule has 1 heterocycles. The number of hydrogen-bond acceptors (Lipinski definition) is 4. The van der Waals surface area contributed by atoms with Gasteiger partial charge in [0.15, 0.2) is 0 Å². The SMILES string of the molecule is O=C(Nc1ccsc1C(=O)[O-])c1ccccc1Cl. The molecule has 2 rings (SSSR count). The van der Waals surface area contributed by atoms with Gasteiger partial charge >= 0.3 is 0 Å². The highest BCUT2D eigenvalue weighted by atomic mass is 35.5. The van der Waals surface area contributed by atoms with E-state index in [0.29, 0.717) is 5.02 Å². The second-order valence-corrected chi connectivity index (χ2v) is 4.71. The molecule has 6 heteroatoms. The van der Waals surface area contributed by atoms with Crippen molar-refractivity contribution in [3.05, 3.63) is 51.2 Å². The van der Waals surface area contributed by atoms with Gasteiger partial charge in [0.2, 0.25) is 0 Å². The summed E-state index contributed by atoms with van der Waals surface area (Å²) in [5, 5.41) is 15.2. The molecule has 0 aliphatic carbocycles. The molecule has 0 saturated heterocycles. The van der Waals surface area contributed by atoms with Gasteiger partial charge in [0.1, 0.15) is 0 Å². The fourth-order valence-corrected chi connectivity index (χ4v) is 2.30. The highest BCUT2D eigenvalue weighted by Crippen LogP contribution is 2.23. The molecule has 1 aromatic heterocycles. The molecule has 0 aliphatic heterocycles. The first-order chi connectivity index (χ1) is 8.59. The van der Waals surface area contributed by atoms with Gasteiger partial charge in [0, 0.05) is 0 Å². The van der Waals surface area contributed by atoms with Crippen molar-refractivity contribution in [2.75, 3.05) is 5.32 Å². The first-order valence-electron chi connectivity index (χ1n) is 4.94. The number of carboxylic acid groups (broad SMARTS) is 1. The summed E-state index contributed by atoms with van der Waals surface area (Å²) in [5.41, 5.74) is 0.500. The number of amides is 1. The van der Waals surface area contributed by atoms with Crippen molar-refractivity contribution >= 4 is 40.5 Å². The van der Waals surface area contributed by atoms with E-state index in [0.717, 1.165) is 11.3 Å². The topological polar surface area (TPSA) is 69.2 Å². The van der Waals surface area contributed by atoms with Gasteiger partial charge in [0.05, 0.1) is 27.1 Å². The summed E-state index contributed by atoms with van der Waals surface area (Å²) in [5.74, 6) is -1.78. The van der Waals surface area contributed by atoms with Crippen LogP contribution >= 0.6 is 22.9 Å². The summed E-state index contributed by atoms with van der Waals surface area (Å²) in [6, 6.07) is 8.03. The van der Waals surface area contributed by atoms with Gasteiger partial charge in [-0.15, -0.1) is 11.3 Å². The van der Waals surface area contributed by atoms with Crippen LogP contribution in [0.3, 0.4) is 0 Å². The van der Waals surface area contributed by atoms with Crippen molar-refractivity contribution in [3.63, 3.8) is 0 Å². The fourth-order valence-electron chi connectivity index (χ4n) is 1.40. The maximum Gasteiger partial charge on any atom is 0.257 e. The highest BCUT2D eigenvalue weighted by molar-refractivity contribution is 7.12. The van der Waals surface area contributed by atoms with E-state index in [9.17, 15) is 14.7 Å². The lowest BCUT2D eigenvalue weighted by atomic mass is 10.2. The van der Waals surface area contributed by atoms with Crippen LogP contribution in [0.2, 0.25) is 5.02 Å². The van der Waals surface area contributed by atoms with Crippen molar-refractivity contribution in [2.24, 2.45) is 0 Å². The Bertz CT molecular complexity index is 609. The second kappa shape index (κ2) is 5.20. The number of aromatic carboxylic acids is 1. The largest absolute Gasteiger partial charge is 0.544 e. The molecule has 92 valence electrons. The third-order valence-electron chi connectivity index (χ3n) is 2.22. The Labute approximate surface area is 112 Å². The Morgan fingerprint density at radius 3 is 2.61 bits per heavy atom. The van der Waals surface area contributed by atoms with Crippen LogP contribution in [0.15, 0.2) is 35.7 Å². The number of benzene rings is 1. The van der Waals surface area contributed by atoms with Gasteiger partial charge in [0.25, 0.3) is 5.91 Å². The molecule has 2 aromatic rings.